The lowest BCUT2D eigenvalue weighted by Crippen LogP contribution is -2.41. The van der Waals surface area contributed by atoms with Gasteiger partial charge in [-0.3, -0.25) is 0 Å². The van der Waals surface area contributed by atoms with Crippen molar-refractivity contribution < 1.29 is 14.1 Å². The van der Waals surface area contributed by atoms with Crippen LogP contribution in [0.2, 0.25) is 5.31 Å². The van der Waals surface area contributed by atoms with Crippen molar-refractivity contribution in [3.8, 4) is 0 Å². The van der Waals surface area contributed by atoms with Crippen molar-refractivity contribution in [1.29, 1.82) is 0 Å². The number of carbonyl (C=O) groups excluding carboxylic acids is 1. The lowest BCUT2D eigenvalue weighted by molar-refractivity contribution is -0.108. The molecule has 0 amide bonds. The van der Waals surface area contributed by atoms with Gasteiger partial charge in [-0.1, -0.05) is 13.8 Å². The van der Waals surface area contributed by atoms with E-state index in [4.69, 9.17) is 9.31 Å². The highest BCUT2D eigenvalue weighted by molar-refractivity contribution is 6.49. The molecule has 86 valence electrons. The van der Waals surface area contributed by atoms with Gasteiger partial charge in [-0.15, -0.1) is 0 Å². The Morgan fingerprint density at radius 1 is 1.13 bits per heavy atom. The number of rotatable bonds is 3. The summed E-state index contributed by atoms with van der Waals surface area (Å²) in [6.45, 7) is 12.1. The summed E-state index contributed by atoms with van der Waals surface area (Å²) in [4.78, 5) is 10.6. The number of hydrogen-bond donors (Lipinski definition) is 0. The van der Waals surface area contributed by atoms with E-state index in [1.807, 2.05) is 41.5 Å². The fourth-order valence-corrected chi connectivity index (χ4v) is 1.47. The zero-order valence-electron chi connectivity index (χ0n) is 10.6. The molecule has 1 aliphatic heterocycles. The molecule has 1 heterocycles. The van der Waals surface area contributed by atoms with Gasteiger partial charge in [-0.05, 0) is 27.7 Å². The summed E-state index contributed by atoms with van der Waals surface area (Å²) in [5.41, 5.74) is -0.643. The summed E-state index contributed by atoms with van der Waals surface area (Å²) in [6.07, 6.45) is 1.37. The predicted molar refractivity (Wildman–Crippen MR) is 60.8 cm³/mol. The van der Waals surface area contributed by atoms with E-state index in [9.17, 15) is 4.79 Å². The van der Waals surface area contributed by atoms with Gasteiger partial charge >= 0.3 is 7.12 Å². The molecule has 0 aromatic heterocycles. The molecule has 0 N–H and O–H groups in total. The minimum atomic E-state index is -0.322. The van der Waals surface area contributed by atoms with Crippen LogP contribution in [0.15, 0.2) is 0 Å². The molecule has 0 spiro atoms. The van der Waals surface area contributed by atoms with E-state index in [1.165, 1.54) is 0 Å². The van der Waals surface area contributed by atoms with Crippen molar-refractivity contribution >= 4 is 13.4 Å². The number of hydrogen-bond acceptors (Lipinski definition) is 3. The van der Waals surface area contributed by atoms with Crippen LogP contribution in [0.3, 0.4) is 0 Å². The van der Waals surface area contributed by atoms with E-state index in [0.29, 0.717) is 6.42 Å². The molecule has 0 radical (unpaired) electrons. The maximum absolute atomic E-state index is 10.6. The predicted octanol–water partition coefficient (Wildman–Crippen LogP) is 2.45. The summed E-state index contributed by atoms with van der Waals surface area (Å²) in [7, 11) is -0.312. The second kappa shape index (κ2) is 3.60. The van der Waals surface area contributed by atoms with E-state index in [-0.39, 0.29) is 23.6 Å². The van der Waals surface area contributed by atoms with Gasteiger partial charge in [0, 0.05) is 11.7 Å². The Kier molecular flexibility index (Phi) is 3.05. The summed E-state index contributed by atoms with van der Waals surface area (Å²) >= 11 is 0. The highest BCUT2D eigenvalue weighted by Crippen LogP contribution is 2.45. The van der Waals surface area contributed by atoms with E-state index >= 15 is 0 Å². The van der Waals surface area contributed by atoms with Crippen molar-refractivity contribution in [3.63, 3.8) is 0 Å². The first-order valence-electron chi connectivity index (χ1n) is 5.42. The molecule has 0 atom stereocenters. The fraction of sp³-hybridized carbons (Fsp3) is 0.909. The Labute approximate surface area is 92.7 Å². The third-order valence-electron chi connectivity index (χ3n) is 3.50. The van der Waals surface area contributed by atoms with Crippen LogP contribution in [0.5, 0.6) is 0 Å². The first-order chi connectivity index (χ1) is 6.62. The lowest BCUT2D eigenvalue weighted by atomic mass is 9.58. The topological polar surface area (TPSA) is 35.5 Å². The molecule has 0 aliphatic carbocycles. The second-order valence-corrected chi connectivity index (χ2v) is 5.95. The van der Waals surface area contributed by atoms with Crippen LogP contribution in [0, 0.1) is 0 Å². The van der Waals surface area contributed by atoms with Gasteiger partial charge in [0.15, 0.2) is 0 Å². The van der Waals surface area contributed by atoms with Crippen LogP contribution < -0.4 is 0 Å². The Bertz CT molecular complexity index is 243. The maximum Gasteiger partial charge on any atom is 0.464 e. The van der Waals surface area contributed by atoms with Gasteiger partial charge in [0.1, 0.15) is 6.29 Å². The molecule has 1 aliphatic rings. The molecule has 0 unspecified atom stereocenters. The normalized spacial score (nSPS) is 24.3. The van der Waals surface area contributed by atoms with Crippen LogP contribution in [0.4, 0.5) is 0 Å². The summed E-state index contributed by atoms with van der Waals surface area (Å²) in [5.74, 6) is 0. The second-order valence-electron chi connectivity index (χ2n) is 5.95. The minimum Gasteiger partial charge on any atom is -0.403 e. The van der Waals surface area contributed by atoms with Crippen molar-refractivity contribution in [2.45, 2.75) is 64.5 Å². The first kappa shape index (κ1) is 12.7. The molecule has 0 bridgehead atoms. The molecule has 1 saturated heterocycles. The fourth-order valence-electron chi connectivity index (χ4n) is 1.47. The molecule has 3 nitrogen and oxygen atoms in total. The molecular weight excluding hydrogens is 191 g/mol. The SMILES string of the molecule is CC(C)(CC=O)B1OC(C)(C)C(C)(C)O1. The third kappa shape index (κ3) is 2.26. The summed E-state index contributed by atoms with van der Waals surface area (Å²) in [5, 5.41) is -0.271. The van der Waals surface area contributed by atoms with Crippen LogP contribution in [0.1, 0.15) is 48.0 Å². The van der Waals surface area contributed by atoms with Crippen molar-refractivity contribution in [2.24, 2.45) is 0 Å². The molecule has 0 saturated carbocycles. The van der Waals surface area contributed by atoms with Crippen LogP contribution >= 0.6 is 0 Å². The zero-order valence-corrected chi connectivity index (χ0v) is 10.6. The van der Waals surface area contributed by atoms with Gasteiger partial charge < -0.3 is 14.1 Å². The molecule has 15 heavy (non-hydrogen) atoms. The maximum atomic E-state index is 10.6. The Hall–Kier alpha value is -0.345. The van der Waals surface area contributed by atoms with Gasteiger partial charge in [0.2, 0.25) is 0 Å². The zero-order chi connectivity index (χ0) is 11.9. The third-order valence-corrected chi connectivity index (χ3v) is 3.50. The van der Waals surface area contributed by atoms with Gasteiger partial charge in [-0.2, -0.15) is 0 Å². The van der Waals surface area contributed by atoms with Gasteiger partial charge in [0.25, 0.3) is 0 Å². The smallest absolute Gasteiger partial charge is 0.403 e. The first-order valence-corrected chi connectivity index (χ1v) is 5.42. The van der Waals surface area contributed by atoms with E-state index in [2.05, 4.69) is 0 Å². The number of carbonyl (C=O) groups is 1. The average Bonchev–Trinajstić information content (AvgIpc) is 2.21. The molecule has 4 heteroatoms. The molecule has 0 aromatic rings. The Balaban J connectivity index is 2.82. The van der Waals surface area contributed by atoms with Crippen LogP contribution in [0.25, 0.3) is 0 Å². The molecular formula is C11H21BO3. The van der Waals surface area contributed by atoms with Crippen molar-refractivity contribution in [3.05, 3.63) is 0 Å². The van der Waals surface area contributed by atoms with E-state index < -0.39 is 0 Å². The summed E-state index contributed by atoms with van der Waals surface area (Å²) < 4.78 is 11.8. The quantitative estimate of drug-likeness (QED) is 0.532. The average molecular weight is 212 g/mol. The Morgan fingerprint density at radius 2 is 1.53 bits per heavy atom. The monoisotopic (exact) mass is 212 g/mol. The van der Waals surface area contributed by atoms with Crippen LogP contribution in [-0.2, 0) is 14.1 Å². The minimum absolute atomic E-state index is 0.271. The molecule has 1 fully saturated rings. The van der Waals surface area contributed by atoms with Gasteiger partial charge in [0.05, 0.1) is 11.2 Å². The standard InChI is InChI=1S/C11H21BO3/c1-9(2,7-8-13)12-14-10(3,4)11(5,6)15-12/h8H,7H2,1-6H3. The summed E-state index contributed by atoms with van der Waals surface area (Å²) in [6, 6.07) is 0. The van der Waals surface area contributed by atoms with Crippen molar-refractivity contribution in [2.75, 3.05) is 0 Å². The van der Waals surface area contributed by atoms with Crippen molar-refractivity contribution in [1.82, 2.24) is 0 Å². The number of aldehydes is 1. The molecule has 1 rings (SSSR count). The lowest BCUT2D eigenvalue weighted by Gasteiger charge is -2.32. The van der Waals surface area contributed by atoms with E-state index in [1.54, 1.807) is 0 Å². The highest BCUT2D eigenvalue weighted by atomic mass is 16.7. The largest absolute Gasteiger partial charge is 0.464 e. The highest BCUT2D eigenvalue weighted by Gasteiger charge is 2.56. The molecule has 0 aromatic carbocycles. The Morgan fingerprint density at radius 3 is 1.87 bits per heavy atom. The van der Waals surface area contributed by atoms with E-state index in [0.717, 1.165) is 6.29 Å². The van der Waals surface area contributed by atoms with Gasteiger partial charge in [-0.25, -0.2) is 0 Å². The van der Waals surface area contributed by atoms with Crippen LogP contribution in [-0.4, -0.2) is 24.6 Å².